The van der Waals surface area contributed by atoms with E-state index in [-0.39, 0.29) is 18.6 Å². The third-order valence-corrected chi connectivity index (χ3v) is 2.76. The van der Waals surface area contributed by atoms with Gasteiger partial charge in [-0.2, -0.15) is 0 Å². The Morgan fingerprint density at radius 2 is 2.06 bits per heavy atom. The molecule has 0 fully saturated rings. The van der Waals surface area contributed by atoms with Crippen molar-refractivity contribution in [3.05, 3.63) is 28.2 Å². The molecule has 0 N–H and O–H groups in total. The summed E-state index contributed by atoms with van der Waals surface area (Å²) in [4.78, 5) is 1.82. The number of hydrogen-bond acceptors (Lipinski definition) is 2. The first kappa shape index (κ1) is 17.2. The molecule has 0 saturated heterocycles. The topological polar surface area (TPSA) is 12.5 Å². The molecular weight excluding hydrogens is 293 g/mol. The van der Waals surface area contributed by atoms with Gasteiger partial charge in [-0.3, -0.25) is 4.90 Å². The Balaban J connectivity index is 0.00000289. The molecule has 18 heavy (non-hydrogen) atoms. The van der Waals surface area contributed by atoms with Crippen LogP contribution < -0.4 is 4.74 Å². The molecule has 0 bridgehead atoms. The maximum absolute atomic E-state index is 6.05. The zero-order valence-electron chi connectivity index (χ0n) is 10.5. The van der Waals surface area contributed by atoms with Gasteiger partial charge in [0.15, 0.2) is 6.23 Å². The van der Waals surface area contributed by atoms with Crippen LogP contribution in [0, 0.1) is 12.0 Å². The summed E-state index contributed by atoms with van der Waals surface area (Å²) < 4.78 is 5.80. The largest absolute Gasteiger partial charge is 0.468 e. The van der Waals surface area contributed by atoms with Gasteiger partial charge in [0.2, 0.25) is 0 Å². The molecule has 5 heteroatoms. The fraction of sp³-hybridized carbons (Fsp3) is 0.385. The minimum Gasteiger partial charge on any atom is -0.468 e. The van der Waals surface area contributed by atoms with Gasteiger partial charge in [0, 0.05) is 24.5 Å². The lowest BCUT2D eigenvalue weighted by Crippen LogP contribution is -2.32. The van der Waals surface area contributed by atoms with Gasteiger partial charge in [0.25, 0.3) is 0 Å². The molecule has 0 heterocycles. The van der Waals surface area contributed by atoms with Crippen molar-refractivity contribution < 1.29 is 4.74 Å². The first-order valence-electron chi connectivity index (χ1n) is 5.35. The summed E-state index contributed by atoms with van der Waals surface area (Å²) in [7, 11) is 1.88. The molecule has 1 atom stereocenters. The van der Waals surface area contributed by atoms with Gasteiger partial charge in [0.1, 0.15) is 5.75 Å². The number of ether oxygens (including phenoxy) is 1. The van der Waals surface area contributed by atoms with Crippen molar-refractivity contribution in [3.63, 3.8) is 0 Å². The van der Waals surface area contributed by atoms with Gasteiger partial charge in [-0.1, -0.05) is 36.0 Å². The van der Waals surface area contributed by atoms with Crippen LogP contribution in [0.3, 0.4) is 0 Å². The van der Waals surface area contributed by atoms with Crippen molar-refractivity contribution in [1.82, 2.24) is 4.90 Å². The molecule has 0 amide bonds. The first-order chi connectivity index (χ1) is 8.08. The van der Waals surface area contributed by atoms with Crippen LogP contribution >= 0.6 is 35.6 Å². The molecule has 2 nitrogen and oxygen atoms in total. The Morgan fingerprint density at radius 1 is 1.39 bits per heavy atom. The van der Waals surface area contributed by atoms with Gasteiger partial charge in [-0.15, -0.1) is 12.4 Å². The van der Waals surface area contributed by atoms with E-state index >= 15 is 0 Å². The number of rotatable bonds is 4. The average molecular weight is 309 g/mol. The zero-order valence-corrected chi connectivity index (χ0v) is 12.9. The Hall–Kier alpha value is -0.750. The third-order valence-electron chi connectivity index (χ3n) is 2.23. The fourth-order valence-electron chi connectivity index (χ4n) is 1.40. The zero-order chi connectivity index (χ0) is 12.8. The lowest BCUT2D eigenvalue weighted by atomic mass is 10.3. The van der Waals surface area contributed by atoms with E-state index in [2.05, 4.69) is 12.0 Å². The van der Waals surface area contributed by atoms with Crippen molar-refractivity contribution in [2.75, 3.05) is 7.05 Å². The SMILES string of the molecule is CC#CN(C)C(CC)Oc1ccc(Cl)cc1Cl.Cl. The second kappa shape index (κ2) is 8.37. The maximum atomic E-state index is 6.05. The highest BCUT2D eigenvalue weighted by Crippen LogP contribution is 2.28. The number of benzene rings is 1. The molecule has 1 aromatic rings. The Bertz CT molecular complexity index is 440. The third kappa shape index (κ3) is 4.86. The summed E-state index contributed by atoms with van der Waals surface area (Å²) >= 11 is 11.9. The van der Waals surface area contributed by atoms with E-state index in [1.165, 1.54) is 0 Å². The van der Waals surface area contributed by atoms with E-state index in [9.17, 15) is 0 Å². The smallest absolute Gasteiger partial charge is 0.178 e. The second-order valence-corrected chi connectivity index (χ2v) is 4.37. The van der Waals surface area contributed by atoms with Crippen LogP contribution in [-0.2, 0) is 0 Å². The molecule has 100 valence electrons. The molecule has 1 rings (SSSR count). The second-order valence-electron chi connectivity index (χ2n) is 3.53. The summed E-state index contributed by atoms with van der Waals surface area (Å²) in [5.41, 5.74) is 0. The first-order valence-corrected chi connectivity index (χ1v) is 6.11. The van der Waals surface area contributed by atoms with E-state index in [0.717, 1.165) is 6.42 Å². The van der Waals surface area contributed by atoms with Crippen molar-refractivity contribution in [2.24, 2.45) is 0 Å². The van der Waals surface area contributed by atoms with Crippen molar-refractivity contribution in [1.29, 1.82) is 0 Å². The van der Waals surface area contributed by atoms with Crippen LogP contribution in [0.15, 0.2) is 18.2 Å². The quantitative estimate of drug-likeness (QED) is 0.463. The summed E-state index contributed by atoms with van der Waals surface area (Å²) in [5.74, 6) is 3.45. The number of halogens is 3. The molecule has 0 radical (unpaired) electrons. The molecule has 0 aliphatic heterocycles. The summed E-state index contributed by atoms with van der Waals surface area (Å²) in [6.07, 6.45) is 0.686. The van der Waals surface area contributed by atoms with E-state index in [0.29, 0.717) is 15.8 Å². The molecule has 0 aliphatic carbocycles. The highest BCUT2D eigenvalue weighted by molar-refractivity contribution is 6.35. The van der Waals surface area contributed by atoms with E-state index in [1.54, 1.807) is 25.1 Å². The molecule has 0 saturated carbocycles. The lowest BCUT2D eigenvalue weighted by molar-refractivity contribution is 0.0837. The van der Waals surface area contributed by atoms with Crippen LogP contribution in [0.4, 0.5) is 0 Å². The molecular formula is C13H16Cl3NO. The Morgan fingerprint density at radius 3 is 2.56 bits per heavy atom. The number of hydrogen-bond donors (Lipinski definition) is 0. The highest BCUT2D eigenvalue weighted by Gasteiger charge is 2.13. The van der Waals surface area contributed by atoms with Crippen LogP contribution in [0.1, 0.15) is 20.3 Å². The average Bonchev–Trinajstić information content (AvgIpc) is 2.28. The molecule has 0 aliphatic rings. The van der Waals surface area contributed by atoms with Crippen LogP contribution in [-0.4, -0.2) is 18.2 Å². The normalized spacial score (nSPS) is 10.7. The Labute approximate surface area is 125 Å². The summed E-state index contributed by atoms with van der Waals surface area (Å²) in [6, 6.07) is 8.12. The summed E-state index contributed by atoms with van der Waals surface area (Å²) in [6.45, 7) is 3.82. The van der Waals surface area contributed by atoms with Gasteiger partial charge in [0.05, 0.1) is 5.02 Å². The van der Waals surface area contributed by atoms with Crippen LogP contribution in [0.25, 0.3) is 0 Å². The van der Waals surface area contributed by atoms with Gasteiger partial charge in [-0.25, -0.2) is 0 Å². The molecule has 0 spiro atoms. The predicted molar refractivity (Wildman–Crippen MR) is 79.6 cm³/mol. The monoisotopic (exact) mass is 307 g/mol. The standard InChI is InChI=1S/C13H15Cl2NO.ClH/c1-4-8-16(3)13(5-2)17-12-7-6-10(14)9-11(12)15;/h6-7,9,13H,5H2,1-3H3;1H. The van der Waals surface area contributed by atoms with Crippen molar-refractivity contribution in [2.45, 2.75) is 26.5 Å². The van der Waals surface area contributed by atoms with E-state index in [1.807, 2.05) is 18.9 Å². The number of nitrogens with zero attached hydrogens (tertiary/aromatic N) is 1. The maximum Gasteiger partial charge on any atom is 0.178 e. The van der Waals surface area contributed by atoms with Gasteiger partial charge in [-0.05, 0) is 25.1 Å². The minimum absolute atomic E-state index is 0. The minimum atomic E-state index is -0.124. The summed E-state index contributed by atoms with van der Waals surface area (Å²) in [5, 5.41) is 1.10. The highest BCUT2D eigenvalue weighted by atomic mass is 35.5. The lowest BCUT2D eigenvalue weighted by Gasteiger charge is -2.24. The van der Waals surface area contributed by atoms with Crippen molar-refractivity contribution >= 4 is 35.6 Å². The van der Waals surface area contributed by atoms with Crippen LogP contribution in [0.5, 0.6) is 5.75 Å². The molecule has 0 aromatic heterocycles. The molecule has 1 aromatic carbocycles. The van der Waals surface area contributed by atoms with E-state index in [4.69, 9.17) is 27.9 Å². The van der Waals surface area contributed by atoms with Gasteiger partial charge < -0.3 is 4.74 Å². The van der Waals surface area contributed by atoms with Crippen LogP contribution in [0.2, 0.25) is 10.0 Å². The van der Waals surface area contributed by atoms with E-state index < -0.39 is 0 Å². The molecule has 1 unspecified atom stereocenters. The predicted octanol–water partition coefficient (Wildman–Crippen LogP) is 4.44. The van der Waals surface area contributed by atoms with Crippen molar-refractivity contribution in [3.8, 4) is 17.7 Å². The van der Waals surface area contributed by atoms with Gasteiger partial charge >= 0.3 is 0 Å². The fourth-order valence-corrected chi connectivity index (χ4v) is 1.85. The Kier molecular flexibility index (Phi) is 8.02.